The van der Waals surface area contributed by atoms with Crippen molar-refractivity contribution in [3.8, 4) is 22.3 Å². The van der Waals surface area contributed by atoms with Gasteiger partial charge in [-0.15, -0.1) is 0 Å². The molecule has 4 nitrogen and oxygen atoms in total. The Morgan fingerprint density at radius 2 is 0.720 bits per heavy atom. The number of aromatic nitrogens is 2. The summed E-state index contributed by atoms with van der Waals surface area (Å²) in [5.41, 5.74) is 7.76. The summed E-state index contributed by atoms with van der Waals surface area (Å²) in [6.07, 6.45) is 10.4. The van der Waals surface area contributed by atoms with E-state index in [1.54, 1.807) is 58.3 Å². The lowest BCUT2D eigenvalue weighted by atomic mass is 9.83. The van der Waals surface area contributed by atoms with E-state index in [1.807, 2.05) is 24.3 Å². The minimum Gasteiger partial charge on any atom is -0.309 e. The summed E-state index contributed by atoms with van der Waals surface area (Å²) in [4.78, 5) is 3.20. The van der Waals surface area contributed by atoms with Gasteiger partial charge in [-0.05, 0) is 145 Å². The predicted octanol–water partition coefficient (Wildman–Crippen LogP) is 22.4. The van der Waals surface area contributed by atoms with Gasteiger partial charge in [0.05, 0.1) is 83.3 Å². The zero-order chi connectivity index (χ0) is 71.2. The number of anilines is 6. The lowest BCUT2D eigenvalue weighted by Gasteiger charge is -2.29. The van der Waals surface area contributed by atoms with Crippen molar-refractivity contribution in [2.24, 2.45) is 0 Å². The van der Waals surface area contributed by atoms with Crippen LogP contribution < -0.4 is 9.80 Å². The smallest absolute Gasteiger partial charge is 0.0645 e. The largest absolute Gasteiger partial charge is 0.309 e. The summed E-state index contributed by atoms with van der Waals surface area (Å²) in [6, 6.07) is 27.4. The van der Waals surface area contributed by atoms with Gasteiger partial charge < -0.3 is 18.6 Å². The summed E-state index contributed by atoms with van der Waals surface area (Å²) in [5.74, 6) is 0.472. The molecule has 11 aromatic carbocycles. The molecule has 17 rings (SSSR count). The third-order valence-electron chi connectivity index (χ3n) is 17.9. The van der Waals surface area contributed by atoms with Crippen molar-refractivity contribution < 1.29 is 27.4 Å². The van der Waals surface area contributed by atoms with Gasteiger partial charge in [0.15, 0.2) is 0 Å². The van der Waals surface area contributed by atoms with E-state index in [1.165, 1.54) is 0 Å². The second-order valence-electron chi connectivity index (χ2n) is 22.1. The van der Waals surface area contributed by atoms with Crippen LogP contribution in [0.25, 0.3) is 98.4 Å². The second kappa shape index (κ2) is 19.1. The minimum atomic E-state index is -0.609. The van der Waals surface area contributed by atoms with Gasteiger partial charge in [-0.2, -0.15) is 0 Å². The molecule has 0 bridgehead atoms. The first-order valence-corrected chi connectivity index (χ1v) is 28.5. The molecule has 4 heteroatoms. The second-order valence-corrected chi connectivity index (χ2v) is 22.1. The van der Waals surface area contributed by atoms with Crippen LogP contribution in [0.5, 0.6) is 0 Å². The number of hydrogen-bond donors (Lipinski definition) is 0. The molecule has 4 aromatic heterocycles. The van der Waals surface area contributed by atoms with Gasteiger partial charge in [0.1, 0.15) is 0 Å². The summed E-state index contributed by atoms with van der Waals surface area (Å²) >= 11 is 0. The number of nitrogens with zero attached hydrogens (tertiary/aromatic N) is 4. The molecule has 2 aliphatic carbocycles. The quantitative estimate of drug-likeness (QED) is 0.136. The summed E-state index contributed by atoms with van der Waals surface area (Å²) in [6.45, 7) is 0. The lowest BCUT2D eigenvalue weighted by Crippen LogP contribution is -2.11. The monoisotopic (exact) mass is 1070 g/mol. The summed E-state index contributed by atoms with van der Waals surface area (Å²) < 4.78 is 187. The van der Waals surface area contributed by atoms with Crippen LogP contribution in [-0.4, -0.2) is 8.80 Å². The first-order valence-electron chi connectivity index (χ1n) is 38.5. The molecule has 0 N–H and O–H groups in total. The van der Waals surface area contributed by atoms with Crippen molar-refractivity contribution in [1.82, 2.24) is 8.80 Å². The third-order valence-corrected chi connectivity index (χ3v) is 17.9. The highest BCUT2D eigenvalue weighted by atomic mass is 15.2. The molecule has 2 fully saturated rings. The van der Waals surface area contributed by atoms with E-state index in [2.05, 4.69) is 57.3 Å². The van der Waals surface area contributed by atoms with Crippen molar-refractivity contribution in [1.29, 1.82) is 0 Å². The Labute approximate surface area is 506 Å². The average Bonchev–Trinajstić information content (AvgIpc) is 1.51. The van der Waals surface area contributed by atoms with Crippen molar-refractivity contribution >= 4 is 110 Å². The maximum atomic E-state index is 9.71. The Morgan fingerprint density at radius 1 is 0.329 bits per heavy atom. The van der Waals surface area contributed by atoms with Crippen LogP contribution in [0.4, 0.5) is 34.1 Å². The average molecular weight is 1080 g/mol. The fourth-order valence-corrected chi connectivity index (χ4v) is 14.3. The van der Waals surface area contributed by atoms with Crippen LogP contribution in [0.15, 0.2) is 242 Å². The Balaban J connectivity index is 0.996. The van der Waals surface area contributed by atoms with Crippen LogP contribution in [0, 0.1) is 0 Å². The Morgan fingerprint density at radius 3 is 1.13 bits per heavy atom. The normalized spacial score (nSPS) is 18.1. The Kier molecular flexibility index (Phi) is 7.37. The number of hydrogen-bond acceptors (Lipinski definition) is 2. The molecule has 0 aliphatic heterocycles. The first kappa shape index (κ1) is 31.6. The molecular formula is C78H62N4. The van der Waals surface area contributed by atoms with Gasteiger partial charge in [0.2, 0.25) is 0 Å². The lowest BCUT2D eigenvalue weighted by molar-refractivity contribution is 0.444. The Hall–Kier alpha value is -9.38. The Bertz CT molecular complexity index is 5660. The summed E-state index contributed by atoms with van der Waals surface area (Å²) in [7, 11) is 0. The van der Waals surface area contributed by atoms with E-state index in [-0.39, 0.29) is 56.8 Å². The number of fused-ring (bicyclic) bond motifs is 12. The molecule has 4 heterocycles. The predicted molar refractivity (Wildman–Crippen MR) is 348 cm³/mol. The molecule has 2 aliphatic rings. The van der Waals surface area contributed by atoms with Crippen LogP contribution >= 0.6 is 0 Å². The molecule has 15 aromatic rings. The van der Waals surface area contributed by atoms with Crippen molar-refractivity contribution in [3.05, 3.63) is 253 Å². The topological polar surface area (TPSA) is 15.3 Å². The zero-order valence-corrected chi connectivity index (χ0v) is 44.6. The maximum Gasteiger partial charge on any atom is 0.0645 e. The van der Waals surface area contributed by atoms with Gasteiger partial charge >= 0.3 is 0 Å². The summed E-state index contributed by atoms with van der Waals surface area (Å²) in [5, 5.41) is 6.25. The molecular weight excluding hydrogens is 993 g/mol. The van der Waals surface area contributed by atoms with Crippen molar-refractivity contribution in [2.75, 3.05) is 9.80 Å². The van der Waals surface area contributed by atoms with Gasteiger partial charge in [-0.25, -0.2) is 0 Å². The van der Waals surface area contributed by atoms with E-state index in [0.29, 0.717) is 22.1 Å². The molecule has 0 amide bonds. The maximum absolute atomic E-state index is 9.71. The van der Waals surface area contributed by atoms with Crippen LogP contribution in [0.3, 0.4) is 0 Å². The first-order chi connectivity index (χ1) is 49.0. The van der Waals surface area contributed by atoms with Gasteiger partial charge in [0.25, 0.3) is 0 Å². The van der Waals surface area contributed by atoms with Crippen LogP contribution in [-0.2, 0) is 0 Å². The molecule has 394 valence electrons. The van der Waals surface area contributed by atoms with Crippen molar-refractivity contribution in [3.63, 3.8) is 0 Å². The molecule has 82 heavy (non-hydrogen) atoms. The minimum absolute atomic E-state index is 0.140. The number of para-hydroxylation sites is 4. The highest BCUT2D eigenvalue weighted by Crippen LogP contribution is 2.54. The fourth-order valence-electron chi connectivity index (χ4n) is 14.3. The highest BCUT2D eigenvalue weighted by Gasteiger charge is 2.31. The van der Waals surface area contributed by atoms with E-state index in [9.17, 15) is 11.0 Å². The van der Waals surface area contributed by atoms with E-state index in [0.717, 1.165) is 141 Å². The number of benzene rings is 11. The van der Waals surface area contributed by atoms with Gasteiger partial charge in [0, 0.05) is 65.6 Å². The molecule has 2 saturated carbocycles. The third kappa shape index (κ3) is 7.29. The molecule has 0 saturated heterocycles. The zero-order valence-electron chi connectivity index (χ0n) is 64.6. The SMILES string of the molecule is [2H]c1c([2H])c([2H])c(-c2ccccc2N(c2c([2H])c([2H])c([2H])c([2H])c2[2H])c2ccc3c4cc5c(cc4n4c6ccc(C7CCCCC7)cc6c2c34)c2ccc(N(c3ccccc3-c3c([2H])c([2H])c([2H])c([2H])c3[2H])c3c([2H])c([2H])c([2H])c([2H])c3[2H])c3c4cc(C6CCCCC6)ccc4n5c23)c([2H])c1[2H]. The van der Waals surface area contributed by atoms with E-state index < -0.39 is 121 Å². The molecule has 0 unspecified atom stereocenters. The van der Waals surface area contributed by atoms with Gasteiger partial charge in [-0.1, -0.05) is 196 Å². The van der Waals surface area contributed by atoms with Crippen LogP contribution in [0.2, 0.25) is 0 Å². The van der Waals surface area contributed by atoms with E-state index >= 15 is 0 Å². The fraction of sp³-hybridized carbons (Fsp3) is 0.154. The van der Waals surface area contributed by atoms with Crippen molar-refractivity contribution in [2.45, 2.75) is 76.0 Å². The van der Waals surface area contributed by atoms with Gasteiger partial charge in [-0.3, -0.25) is 0 Å². The standard InChI is InChI=1S/C78H62N4/c1-7-23-51(24-8-1)55-39-43-69-65(47-55)75-71(79(57-31-15-5-16-32-57)67-37-21-19-35-59(67)53-27-11-3-12-28-53)45-41-61-63-50-74-64(49-73(63)81(69)77(61)75)62-42-46-72(76-66-48-56(52-25-9-2-10-26-52)40-44-70(66)82(74)78(62)76)80(58-33-17-6-18-34-58)68-38-22-20-36-60(68)54-29-13-4-14-30-54/h3-6,11-22,27-52H,1-2,7-10,23-26H2/i3D,4D,5D,6D,11D,12D,13D,14D,15D,16D,17D,18D,27D,28D,29D,30D,31D,32D,33D,34D. The van der Waals surface area contributed by atoms with E-state index in [4.69, 9.17) is 16.4 Å². The number of rotatable bonds is 10. The highest BCUT2D eigenvalue weighted by molar-refractivity contribution is 6.32. The van der Waals surface area contributed by atoms with Crippen LogP contribution in [0.1, 0.15) is 115 Å². The molecule has 0 radical (unpaired) electrons. The molecule has 0 atom stereocenters. The molecule has 0 spiro atoms.